The van der Waals surface area contributed by atoms with E-state index in [-0.39, 0.29) is 16.3 Å². The fraction of sp³-hybridized carbons (Fsp3) is 0.167. The van der Waals surface area contributed by atoms with Crippen molar-refractivity contribution in [3.8, 4) is 0 Å². The van der Waals surface area contributed by atoms with Crippen molar-refractivity contribution in [3.05, 3.63) is 79.9 Å². The van der Waals surface area contributed by atoms with Gasteiger partial charge < -0.3 is 15.0 Å². The van der Waals surface area contributed by atoms with Crippen molar-refractivity contribution < 1.29 is 9.90 Å². The maximum absolute atomic E-state index is 11.8. The molecule has 7 nitrogen and oxygen atoms in total. The number of anilines is 1. The summed E-state index contributed by atoms with van der Waals surface area (Å²) in [5.74, 6) is -1.13. The Morgan fingerprint density at radius 1 is 1.19 bits per heavy atom. The molecule has 2 heterocycles. The number of aromatic carboxylic acids is 1. The van der Waals surface area contributed by atoms with Gasteiger partial charge in [0.05, 0.1) is 11.7 Å². The normalized spacial score (nSPS) is 12.0. The zero-order valence-corrected chi connectivity index (χ0v) is 16.0. The Kier molecular flexibility index (Phi) is 5.25. The summed E-state index contributed by atoms with van der Waals surface area (Å²) in [6.07, 6.45) is 3.23. The van der Waals surface area contributed by atoms with E-state index in [1.807, 2.05) is 0 Å². The molecule has 3 rings (SSSR count). The van der Waals surface area contributed by atoms with Crippen LogP contribution in [0.2, 0.25) is 10.0 Å². The first kappa shape index (κ1) is 19.0. The average molecular weight is 407 g/mol. The quantitative estimate of drug-likeness (QED) is 0.678. The molecule has 2 N–H and O–H groups in total. The Hall–Kier alpha value is -2.77. The topological polar surface area (TPSA) is 89.2 Å². The molecule has 0 spiro atoms. The second-order valence-electron chi connectivity index (χ2n) is 6.03. The van der Waals surface area contributed by atoms with Gasteiger partial charge in [0, 0.05) is 37.1 Å². The maximum Gasteiger partial charge on any atom is 0.356 e. The minimum Gasteiger partial charge on any atom is -0.476 e. The van der Waals surface area contributed by atoms with Gasteiger partial charge in [0.1, 0.15) is 5.02 Å². The molecule has 0 amide bonds. The van der Waals surface area contributed by atoms with E-state index in [9.17, 15) is 14.7 Å². The number of rotatable bonds is 5. The highest BCUT2D eigenvalue weighted by Gasteiger charge is 2.24. The van der Waals surface area contributed by atoms with E-state index in [2.05, 4.69) is 10.4 Å². The molecule has 0 aliphatic rings. The first-order valence-electron chi connectivity index (χ1n) is 7.91. The number of benzene rings is 1. The molecule has 140 valence electrons. The number of halogens is 2. The number of carboxylic acids is 1. The van der Waals surface area contributed by atoms with Crippen molar-refractivity contribution in [2.75, 3.05) is 5.32 Å². The number of carboxylic acid groups (broad SMARTS) is 1. The Labute approximate surface area is 164 Å². The van der Waals surface area contributed by atoms with Crippen molar-refractivity contribution in [1.82, 2.24) is 14.3 Å². The molecule has 0 aliphatic carbocycles. The first-order chi connectivity index (χ1) is 12.8. The van der Waals surface area contributed by atoms with Gasteiger partial charge in [-0.25, -0.2) is 4.79 Å². The predicted molar refractivity (Wildman–Crippen MR) is 104 cm³/mol. The van der Waals surface area contributed by atoms with Gasteiger partial charge in [0.2, 0.25) is 0 Å². The Morgan fingerprint density at radius 3 is 2.44 bits per heavy atom. The molecule has 1 unspecified atom stereocenters. The van der Waals surface area contributed by atoms with Crippen molar-refractivity contribution in [2.24, 2.45) is 14.1 Å². The van der Waals surface area contributed by atoms with Gasteiger partial charge in [-0.05, 0) is 23.8 Å². The second kappa shape index (κ2) is 7.46. The molecular formula is C18H16Cl2N4O3. The number of nitrogens with zero attached hydrogens (tertiary/aromatic N) is 3. The van der Waals surface area contributed by atoms with Gasteiger partial charge >= 0.3 is 5.97 Å². The van der Waals surface area contributed by atoms with E-state index < -0.39 is 12.0 Å². The summed E-state index contributed by atoms with van der Waals surface area (Å²) in [5.41, 5.74) is 1.41. The third-order valence-corrected chi connectivity index (χ3v) is 4.55. The summed E-state index contributed by atoms with van der Waals surface area (Å²) >= 11 is 12.0. The first-order valence-corrected chi connectivity index (χ1v) is 8.67. The Morgan fingerprint density at radius 2 is 1.85 bits per heavy atom. The molecule has 3 aromatic rings. The number of hydrogen-bond donors (Lipinski definition) is 2. The van der Waals surface area contributed by atoms with Crippen LogP contribution in [0.4, 0.5) is 5.69 Å². The molecule has 1 atom stereocenters. The molecule has 0 radical (unpaired) electrons. The molecule has 0 aliphatic heterocycles. The van der Waals surface area contributed by atoms with E-state index in [0.29, 0.717) is 16.3 Å². The van der Waals surface area contributed by atoms with Crippen molar-refractivity contribution in [1.29, 1.82) is 0 Å². The molecule has 0 bridgehead atoms. The standard InChI is InChI=1S/C18H16Cl2N4O3/c1-23-8-12(7-14(20)17(23)25)21-15(10-3-5-11(19)6-4-10)13-9-24(2)22-16(13)18(26)27/h3-9,15,21H,1-2H3,(H,26,27). The molecule has 0 saturated heterocycles. The summed E-state index contributed by atoms with van der Waals surface area (Å²) in [6.45, 7) is 0. The molecule has 0 saturated carbocycles. The SMILES string of the molecule is Cn1cc(C(Nc2cc(Cl)c(=O)n(C)c2)c2ccc(Cl)cc2)c(C(=O)O)n1. The van der Waals surface area contributed by atoms with Crippen LogP contribution in [0.15, 0.2) is 47.5 Å². The van der Waals surface area contributed by atoms with E-state index in [0.717, 1.165) is 5.56 Å². The molecule has 0 fully saturated rings. The van der Waals surface area contributed by atoms with Crippen LogP contribution in [-0.4, -0.2) is 25.4 Å². The van der Waals surface area contributed by atoms with Crippen LogP contribution in [0, 0.1) is 0 Å². The molecular weight excluding hydrogens is 391 g/mol. The summed E-state index contributed by atoms with van der Waals surface area (Å²) in [5, 5.41) is 17.4. The summed E-state index contributed by atoms with van der Waals surface area (Å²) in [4.78, 5) is 23.5. The lowest BCUT2D eigenvalue weighted by Crippen LogP contribution is -2.20. The number of aromatic nitrogens is 3. The largest absolute Gasteiger partial charge is 0.476 e. The molecule has 9 heteroatoms. The number of hydrogen-bond acceptors (Lipinski definition) is 4. The zero-order valence-electron chi connectivity index (χ0n) is 14.5. The van der Waals surface area contributed by atoms with E-state index in [1.54, 1.807) is 50.8 Å². The monoisotopic (exact) mass is 406 g/mol. The Bertz CT molecular complexity index is 1030. The highest BCUT2D eigenvalue weighted by atomic mass is 35.5. The highest BCUT2D eigenvalue weighted by molar-refractivity contribution is 6.30. The maximum atomic E-state index is 11.8. The van der Waals surface area contributed by atoms with Crippen LogP contribution >= 0.6 is 23.2 Å². The molecule has 1 aromatic carbocycles. The highest BCUT2D eigenvalue weighted by Crippen LogP contribution is 2.30. The summed E-state index contributed by atoms with van der Waals surface area (Å²) < 4.78 is 2.79. The van der Waals surface area contributed by atoms with Crippen molar-refractivity contribution >= 4 is 34.9 Å². The number of pyridine rings is 1. The van der Waals surface area contributed by atoms with Crippen LogP contribution in [-0.2, 0) is 14.1 Å². The molecule has 2 aromatic heterocycles. The molecule has 27 heavy (non-hydrogen) atoms. The minimum absolute atomic E-state index is 0.0574. The summed E-state index contributed by atoms with van der Waals surface area (Å²) in [6, 6.07) is 7.98. The Balaban J connectivity index is 2.13. The van der Waals surface area contributed by atoms with Crippen molar-refractivity contribution in [3.63, 3.8) is 0 Å². The summed E-state index contributed by atoms with van der Waals surface area (Å²) in [7, 11) is 3.24. The lowest BCUT2D eigenvalue weighted by Gasteiger charge is -2.21. The second-order valence-corrected chi connectivity index (χ2v) is 6.88. The fourth-order valence-corrected chi connectivity index (χ4v) is 3.17. The van der Waals surface area contributed by atoms with Gasteiger partial charge in [-0.2, -0.15) is 5.10 Å². The van der Waals surface area contributed by atoms with Crippen LogP contribution in [0.25, 0.3) is 0 Å². The third-order valence-electron chi connectivity index (χ3n) is 4.02. The average Bonchev–Trinajstić information content (AvgIpc) is 3.00. The van der Waals surface area contributed by atoms with E-state index in [1.165, 1.54) is 15.3 Å². The van der Waals surface area contributed by atoms with Crippen molar-refractivity contribution in [2.45, 2.75) is 6.04 Å². The smallest absolute Gasteiger partial charge is 0.356 e. The van der Waals surface area contributed by atoms with Crippen LogP contribution in [0.5, 0.6) is 0 Å². The van der Waals surface area contributed by atoms with Crippen LogP contribution in [0.3, 0.4) is 0 Å². The predicted octanol–water partition coefficient (Wildman–Crippen LogP) is 3.33. The number of carbonyl (C=O) groups is 1. The van der Waals surface area contributed by atoms with Gasteiger partial charge in [0.25, 0.3) is 5.56 Å². The van der Waals surface area contributed by atoms with Gasteiger partial charge in [-0.3, -0.25) is 9.48 Å². The van der Waals surface area contributed by atoms with Gasteiger partial charge in [-0.1, -0.05) is 35.3 Å². The number of nitrogens with one attached hydrogen (secondary N) is 1. The van der Waals surface area contributed by atoms with E-state index >= 15 is 0 Å². The lowest BCUT2D eigenvalue weighted by molar-refractivity contribution is 0.0688. The van der Waals surface area contributed by atoms with Crippen LogP contribution < -0.4 is 10.9 Å². The zero-order chi connectivity index (χ0) is 19.7. The number of aryl methyl sites for hydroxylation is 2. The van der Waals surface area contributed by atoms with Crippen LogP contribution in [0.1, 0.15) is 27.7 Å². The minimum atomic E-state index is -1.13. The van der Waals surface area contributed by atoms with Gasteiger partial charge in [-0.15, -0.1) is 0 Å². The lowest BCUT2D eigenvalue weighted by atomic mass is 9.98. The third kappa shape index (κ3) is 3.99. The van der Waals surface area contributed by atoms with Gasteiger partial charge in [0.15, 0.2) is 5.69 Å². The van der Waals surface area contributed by atoms with E-state index in [4.69, 9.17) is 23.2 Å². The fourth-order valence-electron chi connectivity index (χ4n) is 2.80.